The van der Waals surface area contributed by atoms with Crippen molar-refractivity contribution < 1.29 is 5.21 Å². The van der Waals surface area contributed by atoms with E-state index in [9.17, 15) is 0 Å². The van der Waals surface area contributed by atoms with Crippen LogP contribution in [0.3, 0.4) is 0 Å². The van der Waals surface area contributed by atoms with E-state index in [-0.39, 0.29) is 17.4 Å². The van der Waals surface area contributed by atoms with Crippen molar-refractivity contribution in [3.05, 3.63) is 0 Å². The first-order valence-electron chi connectivity index (χ1n) is 4.29. The first kappa shape index (κ1) is 9.32. The maximum absolute atomic E-state index is 8.46. The summed E-state index contributed by atoms with van der Waals surface area (Å²) in [5, 5.41) is 8.46. The Kier molecular flexibility index (Phi) is 2.57. The molecule has 0 spiro atoms. The Hall–Kier alpha value is -0.770. The summed E-state index contributed by atoms with van der Waals surface area (Å²) in [6.45, 7) is 4.36. The summed E-state index contributed by atoms with van der Waals surface area (Å²) in [4.78, 5) is 4.18. The average molecular weight is 171 g/mol. The molecule has 0 aliphatic heterocycles. The second-order valence-corrected chi connectivity index (χ2v) is 4.02. The molecule has 1 aliphatic carbocycles. The molecule has 0 aromatic heterocycles. The monoisotopic (exact) mass is 171 g/mol. The van der Waals surface area contributed by atoms with Gasteiger partial charge in [0, 0.05) is 0 Å². The first-order valence-corrected chi connectivity index (χ1v) is 4.29. The van der Waals surface area contributed by atoms with Gasteiger partial charge in [0.05, 0.1) is 6.04 Å². The van der Waals surface area contributed by atoms with Crippen LogP contribution in [0.5, 0.6) is 0 Å². The predicted molar refractivity (Wildman–Crippen MR) is 48.0 cm³/mol. The van der Waals surface area contributed by atoms with Crippen LogP contribution in [-0.4, -0.2) is 17.2 Å². The van der Waals surface area contributed by atoms with Gasteiger partial charge >= 0.3 is 0 Å². The van der Waals surface area contributed by atoms with Gasteiger partial charge in [-0.05, 0) is 18.3 Å². The number of nitrogens with zero attached hydrogens (tertiary/aromatic N) is 1. The van der Waals surface area contributed by atoms with E-state index in [1.165, 1.54) is 12.8 Å². The van der Waals surface area contributed by atoms with Gasteiger partial charge in [-0.25, -0.2) is 10.5 Å². The summed E-state index contributed by atoms with van der Waals surface area (Å²) in [7, 11) is 0. The first-order chi connectivity index (χ1) is 5.56. The van der Waals surface area contributed by atoms with Gasteiger partial charge in [0.25, 0.3) is 0 Å². The third kappa shape index (κ3) is 1.88. The van der Waals surface area contributed by atoms with E-state index in [4.69, 9.17) is 10.9 Å². The number of guanidine groups is 1. The van der Waals surface area contributed by atoms with Crippen LogP contribution in [0.1, 0.15) is 33.1 Å². The highest BCUT2D eigenvalue weighted by Crippen LogP contribution is 2.39. The molecular weight excluding hydrogens is 154 g/mol. The zero-order chi connectivity index (χ0) is 9.19. The van der Waals surface area contributed by atoms with E-state index < -0.39 is 0 Å². The fourth-order valence-electron chi connectivity index (χ4n) is 1.74. The Morgan fingerprint density at radius 2 is 2.33 bits per heavy atom. The smallest absolute Gasteiger partial charge is 0.213 e. The van der Waals surface area contributed by atoms with Crippen molar-refractivity contribution in [3.63, 3.8) is 0 Å². The molecule has 4 nitrogen and oxygen atoms in total. The molecule has 0 saturated heterocycles. The van der Waals surface area contributed by atoms with Gasteiger partial charge in [-0.3, -0.25) is 5.21 Å². The number of rotatable bonds is 1. The molecule has 0 bridgehead atoms. The van der Waals surface area contributed by atoms with Crippen LogP contribution in [0.25, 0.3) is 0 Å². The lowest BCUT2D eigenvalue weighted by Crippen LogP contribution is -2.32. The maximum Gasteiger partial charge on any atom is 0.213 e. The van der Waals surface area contributed by atoms with Crippen molar-refractivity contribution in [2.24, 2.45) is 16.1 Å². The standard InChI is InChI=1S/C8H17N3O/c1-8(2)5-3-4-6(8)10-7(9)11-12/h6,12H,3-5H2,1-2H3,(H3,9,10,11). The van der Waals surface area contributed by atoms with Crippen molar-refractivity contribution >= 4 is 5.96 Å². The zero-order valence-corrected chi connectivity index (χ0v) is 7.67. The van der Waals surface area contributed by atoms with E-state index in [1.807, 2.05) is 5.48 Å². The van der Waals surface area contributed by atoms with Gasteiger partial charge < -0.3 is 5.73 Å². The van der Waals surface area contributed by atoms with Crippen molar-refractivity contribution in [1.82, 2.24) is 5.48 Å². The maximum atomic E-state index is 8.46. The van der Waals surface area contributed by atoms with Crippen LogP contribution < -0.4 is 11.2 Å². The van der Waals surface area contributed by atoms with Crippen LogP contribution in [0.2, 0.25) is 0 Å². The van der Waals surface area contributed by atoms with Gasteiger partial charge in [0.1, 0.15) is 0 Å². The summed E-state index contributed by atoms with van der Waals surface area (Å²) in [6.07, 6.45) is 3.44. The fourth-order valence-corrected chi connectivity index (χ4v) is 1.74. The van der Waals surface area contributed by atoms with Crippen LogP contribution in [0, 0.1) is 5.41 Å². The molecule has 4 N–H and O–H groups in total. The summed E-state index contributed by atoms with van der Waals surface area (Å²) >= 11 is 0. The van der Waals surface area contributed by atoms with Crippen LogP contribution in [-0.2, 0) is 0 Å². The van der Waals surface area contributed by atoms with Crippen molar-refractivity contribution in [2.75, 3.05) is 0 Å². The molecule has 0 amide bonds. The van der Waals surface area contributed by atoms with Crippen LogP contribution in [0.4, 0.5) is 0 Å². The number of nitrogens with two attached hydrogens (primary N) is 1. The van der Waals surface area contributed by atoms with Crippen molar-refractivity contribution in [2.45, 2.75) is 39.2 Å². The molecule has 0 radical (unpaired) electrons. The normalized spacial score (nSPS) is 28.9. The van der Waals surface area contributed by atoms with Gasteiger partial charge in [-0.1, -0.05) is 20.3 Å². The number of hydroxylamine groups is 1. The molecule has 1 aliphatic rings. The van der Waals surface area contributed by atoms with Crippen LogP contribution >= 0.6 is 0 Å². The minimum atomic E-state index is 0.120. The van der Waals surface area contributed by atoms with Gasteiger partial charge in [0.15, 0.2) is 0 Å². The van der Waals surface area contributed by atoms with E-state index in [0.717, 1.165) is 6.42 Å². The summed E-state index contributed by atoms with van der Waals surface area (Å²) < 4.78 is 0. The molecule has 1 unspecified atom stereocenters. The minimum Gasteiger partial charge on any atom is -0.368 e. The van der Waals surface area contributed by atoms with Gasteiger partial charge in [-0.2, -0.15) is 0 Å². The molecule has 4 heteroatoms. The van der Waals surface area contributed by atoms with Gasteiger partial charge in [-0.15, -0.1) is 0 Å². The fraction of sp³-hybridized carbons (Fsp3) is 0.875. The highest BCUT2D eigenvalue weighted by Gasteiger charge is 2.34. The Labute approximate surface area is 72.8 Å². The highest BCUT2D eigenvalue weighted by molar-refractivity contribution is 5.76. The number of hydrogen-bond acceptors (Lipinski definition) is 2. The predicted octanol–water partition coefficient (Wildman–Crippen LogP) is 0.859. The summed E-state index contributed by atoms with van der Waals surface area (Å²) in [5.74, 6) is 0.120. The Morgan fingerprint density at radius 3 is 2.75 bits per heavy atom. The Morgan fingerprint density at radius 1 is 1.67 bits per heavy atom. The van der Waals surface area contributed by atoms with E-state index >= 15 is 0 Å². The molecule has 70 valence electrons. The molecule has 1 atom stereocenters. The summed E-state index contributed by atoms with van der Waals surface area (Å²) in [6, 6.07) is 0.247. The van der Waals surface area contributed by atoms with E-state index in [0.29, 0.717) is 0 Å². The lowest BCUT2D eigenvalue weighted by Gasteiger charge is -2.23. The van der Waals surface area contributed by atoms with Crippen LogP contribution in [0.15, 0.2) is 4.99 Å². The largest absolute Gasteiger partial charge is 0.368 e. The molecular formula is C8H17N3O. The lowest BCUT2D eigenvalue weighted by molar-refractivity contribution is 0.230. The third-order valence-electron chi connectivity index (χ3n) is 2.61. The quantitative estimate of drug-likeness (QED) is 0.311. The average Bonchev–Trinajstić information content (AvgIpc) is 2.31. The zero-order valence-electron chi connectivity index (χ0n) is 7.67. The number of aliphatic imine (C=N–C) groups is 1. The Balaban J connectivity index is 2.63. The van der Waals surface area contributed by atoms with Crippen molar-refractivity contribution in [3.8, 4) is 0 Å². The molecule has 1 saturated carbocycles. The molecule has 1 fully saturated rings. The lowest BCUT2D eigenvalue weighted by atomic mass is 9.88. The Bertz CT molecular complexity index is 189. The molecule has 0 aromatic carbocycles. The molecule has 12 heavy (non-hydrogen) atoms. The topological polar surface area (TPSA) is 70.6 Å². The SMILES string of the molecule is CC1(C)CCCC1N=C(N)NO. The van der Waals surface area contributed by atoms with E-state index in [2.05, 4.69) is 18.8 Å². The number of hydrogen-bond donors (Lipinski definition) is 3. The molecule has 0 aromatic rings. The second-order valence-electron chi connectivity index (χ2n) is 4.02. The van der Waals surface area contributed by atoms with Crippen molar-refractivity contribution in [1.29, 1.82) is 0 Å². The molecule has 0 heterocycles. The third-order valence-corrected chi connectivity index (χ3v) is 2.61. The minimum absolute atomic E-state index is 0.120. The van der Waals surface area contributed by atoms with Gasteiger partial charge in [0.2, 0.25) is 5.96 Å². The van der Waals surface area contributed by atoms with E-state index in [1.54, 1.807) is 0 Å². The second kappa shape index (κ2) is 3.31. The summed E-state index contributed by atoms with van der Waals surface area (Å²) in [5.41, 5.74) is 7.44. The molecule has 1 rings (SSSR count). The highest BCUT2D eigenvalue weighted by atomic mass is 16.5. The number of nitrogens with one attached hydrogen (secondary N) is 1.